The number of aromatic nitrogens is 3. The quantitative estimate of drug-likeness (QED) is 0.461. The van der Waals surface area contributed by atoms with Crippen molar-refractivity contribution in [2.24, 2.45) is 0 Å². The molecule has 2 N–H and O–H groups in total. The van der Waals surface area contributed by atoms with Crippen LogP contribution in [0.2, 0.25) is 0 Å². The summed E-state index contributed by atoms with van der Waals surface area (Å²) in [7, 11) is 3.38. The van der Waals surface area contributed by atoms with E-state index >= 15 is 0 Å². The molecule has 0 aliphatic carbocycles. The average molecular weight is 421 g/mol. The van der Waals surface area contributed by atoms with Crippen molar-refractivity contribution in [1.82, 2.24) is 20.1 Å². The van der Waals surface area contributed by atoms with Gasteiger partial charge < -0.3 is 19.6 Å². The van der Waals surface area contributed by atoms with Gasteiger partial charge in [0.1, 0.15) is 0 Å². The number of hydrogen-bond acceptors (Lipinski definition) is 6. The SMILES string of the molecule is CN(C)C(=O)c1ccc(NC(=O)CSc2nnc(-c3c[nH]c4ccccc34)o2)cc1. The molecule has 2 amide bonds. The van der Waals surface area contributed by atoms with Crippen LogP contribution >= 0.6 is 11.8 Å². The van der Waals surface area contributed by atoms with Crippen molar-refractivity contribution >= 4 is 40.2 Å². The summed E-state index contributed by atoms with van der Waals surface area (Å²) in [5.41, 5.74) is 2.98. The first-order chi connectivity index (χ1) is 14.5. The maximum Gasteiger partial charge on any atom is 0.277 e. The average Bonchev–Trinajstić information content (AvgIpc) is 3.39. The normalized spacial score (nSPS) is 10.9. The van der Waals surface area contributed by atoms with Gasteiger partial charge in [-0.1, -0.05) is 30.0 Å². The molecule has 0 atom stereocenters. The van der Waals surface area contributed by atoms with E-state index in [1.165, 1.54) is 4.90 Å². The molecule has 0 aliphatic heterocycles. The van der Waals surface area contributed by atoms with E-state index in [1.807, 2.05) is 30.5 Å². The fourth-order valence-corrected chi connectivity index (χ4v) is 3.47. The largest absolute Gasteiger partial charge is 0.411 e. The van der Waals surface area contributed by atoms with Crippen molar-refractivity contribution in [3.63, 3.8) is 0 Å². The van der Waals surface area contributed by atoms with Crippen LogP contribution in [0.15, 0.2) is 64.4 Å². The van der Waals surface area contributed by atoms with Crippen LogP contribution in [0.3, 0.4) is 0 Å². The molecule has 0 aliphatic rings. The highest BCUT2D eigenvalue weighted by Crippen LogP contribution is 2.29. The number of rotatable bonds is 6. The second-order valence-electron chi connectivity index (χ2n) is 6.73. The standard InChI is InChI=1S/C21H19N5O3S/c1-26(2)20(28)13-7-9-14(10-8-13)23-18(27)12-30-21-25-24-19(29-21)16-11-22-17-6-4-3-5-15(16)17/h3-11,22H,12H2,1-2H3,(H,23,27). The molecule has 0 saturated heterocycles. The number of fused-ring (bicyclic) bond motifs is 1. The van der Waals surface area contributed by atoms with Gasteiger partial charge in [0.15, 0.2) is 0 Å². The van der Waals surface area contributed by atoms with Gasteiger partial charge in [0.05, 0.1) is 11.3 Å². The van der Waals surface area contributed by atoms with Gasteiger partial charge in [-0.25, -0.2) is 0 Å². The topological polar surface area (TPSA) is 104 Å². The van der Waals surface area contributed by atoms with E-state index in [2.05, 4.69) is 20.5 Å². The smallest absolute Gasteiger partial charge is 0.277 e. The predicted molar refractivity (Wildman–Crippen MR) is 115 cm³/mol. The molecule has 152 valence electrons. The Morgan fingerprint density at radius 2 is 1.87 bits per heavy atom. The molecule has 2 heterocycles. The summed E-state index contributed by atoms with van der Waals surface area (Å²) in [5.74, 6) is 0.217. The van der Waals surface area contributed by atoms with Gasteiger partial charge in [0.25, 0.3) is 17.0 Å². The number of hydrogen-bond donors (Lipinski definition) is 2. The number of benzene rings is 2. The number of nitrogens with one attached hydrogen (secondary N) is 2. The molecule has 30 heavy (non-hydrogen) atoms. The fourth-order valence-electron chi connectivity index (χ4n) is 2.90. The first kappa shape index (κ1) is 19.7. The summed E-state index contributed by atoms with van der Waals surface area (Å²) in [6, 6.07) is 14.6. The summed E-state index contributed by atoms with van der Waals surface area (Å²) in [6.45, 7) is 0. The Labute approximate surface area is 176 Å². The van der Waals surface area contributed by atoms with Crippen LogP contribution in [-0.4, -0.2) is 51.7 Å². The van der Waals surface area contributed by atoms with Gasteiger partial charge >= 0.3 is 0 Å². The van der Waals surface area contributed by atoms with E-state index in [0.29, 0.717) is 22.4 Å². The van der Waals surface area contributed by atoms with Crippen molar-refractivity contribution < 1.29 is 14.0 Å². The van der Waals surface area contributed by atoms with Gasteiger partial charge in [-0.2, -0.15) is 0 Å². The summed E-state index contributed by atoms with van der Waals surface area (Å²) < 4.78 is 5.70. The third-order valence-corrected chi connectivity index (χ3v) is 5.19. The van der Waals surface area contributed by atoms with Gasteiger partial charge in [0, 0.05) is 42.4 Å². The number of carbonyl (C=O) groups is 2. The molecule has 8 nitrogen and oxygen atoms in total. The molecule has 0 fully saturated rings. The minimum atomic E-state index is -0.210. The number of thioether (sulfide) groups is 1. The van der Waals surface area contributed by atoms with Crippen molar-refractivity contribution in [3.8, 4) is 11.5 Å². The summed E-state index contributed by atoms with van der Waals surface area (Å²) >= 11 is 1.16. The number of amides is 2. The van der Waals surface area contributed by atoms with Gasteiger partial charge in [-0.15, -0.1) is 10.2 Å². The highest BCUT2D eigenvalue weighted by Gasteiger charge is 2.15. The zero-order valence-electron chi connectivity index (χ0n) is 16.4. The highest BCUT2D eigenvalue weighted by molar-refractivity contribution is 7.99. The third kappa shape index (κ3) is 4.20. The Hall–Kier alpha value is -3.59. The molecule has 0 bridgehead atoms. The Balaban J connectivity index is 1.35. The van der Waals surface area contributed by atoms with Crippen LogP contribution in [0.4, 0.5) is 5.69 Å². The number of H-pyrrole nitrogens is 1. The lowest BCUT2D eigenvalue weighted by Crippen LogP contribution is -2.21. The molecule has 2 aromatic heterocycles. The van der Waals surface area contributed by atoms with Crippen LogP contribution in [0, 0.1) is 0 Å². The fraction of sp³-hybridized carbons (Fsp3) is 0.143. The van der Waals surface area contributed by atoms with Crippen molar-refractivity contribution in [2.45, 2.75) is 5.22 Å². The minimum absolute atomic E-state index is 0.0918. The van der Waals surface area contributed by atoms with Crippen LogP contribution in [-0.2, 0) is 4.79 Å². The van der Waals surface area contributed by atoms with Gasteiger partial charge in [0.2, 0.25) is 5.91 Å². The number of nitrogens with zero attached hydrogens (tertiary/aromatic N) is 3. The number of para-hydroxylation sites is 1. The van der Waals surface area contributed by atoms with E-state index in [4.69, 9.17) is 4.42 Å². The molecule has 0 radical (unpaired) electrons. The number of aromatic amines is 1. The Morgan fingerprint density at radius 3 is 2.63 bits per heavy atom. The van der Waals surface area contributed by atoms with Crippen LogP contribution < -0.4 is 5.32 Å². The Bertz CT molecular complexity index is 1200. The lowest BCUT2D eigenvalue weighted by Gasteiger charge is -2.10. The van der Waals surface area contributed by atoms with Crippen LogP contribution in [0.25, 0.3) is 22.4 Å². The third-order valence-electron chi connectivity index (χ3n) is 4.37. The number of anilines is 1. The predicted octanol–water partition coefficient (Wildman–Crippen LogP) is 3.65. The van der Waals surface area contributed by atoms with Gasteiger partial charge in [-0.05, 0) is 30.3 Å². The molecular weight excluding hydrogens is 402 g/mol. The molecule has 4 rings (SSSR count). The molecule has 0 spiro atoms. The molecule has 0 saturated carbocycles. The van der Waals surface area contributed by atoms with Crippen LogP contribution in [0.5, 0.6) is 0 Å². The van der Waals surface area contributed by atoms with E-state index in [9.17, 15) is 9.59 Å². The Kier molecular flexibility index (Phi) is 5.53. The van der Waals surface area contributed by atoms with Crippen molar-refractivity contribution in [3.05, 3.63) is 60.3 Å². The summed E-state index contributed by atoms with van der Waals surface area (Å²) in [5, 5.41) is 12.2. The monoisotopic (exact) mass is 421 g/mol. The lowest BCUT2D eigenvalue weighted by molar-refractivity contribution is -0.113. The zero-order chi connectivity index (χ0) is 21.1. The maximum absolute atomic E-state index is 12.2. The minimum Gasteiger partial charge on any atom is -0.411 e. The zero-order valence-corrected chi connectivity index (χ0v) is 17.2. The summed E-state index contributed by atoms with van der Waals surface area (Å²) in [6.07, 6.45) is 1.82. The molecule has 0 unspecified atom stereocenters. The van der Waals surface area contributed by atoms with Crippen LogP contribution in [0.1, 0.15) is 10.4 Å². The first-order valence-corrected chi connectivity index (χ1v) is 10.1. The lowest BCUT2D eigenvalue weighted by atomic mass is 10.2. The summed E-state index contributed by atoms with van der Waals surface area (Å²) in [4.78, 5) is 28.8. The van der Waals surface area contributed by atoms with E-state index in [1.54, 1.807) is 38.4 Å². The maximum atomic E-state index is 12.2. The van der Waals surface area contributed by atoms with Crippen molar-refractivity contribution in [2.75, 3.05) is 25.2 Å². The van der Waals surface area contributed by atoms with E-state index < -0.39 is 0 Å². The van der Waals surface area contributed by atoms with Crippen molar-refractivity contribution in [1.29, 1.82) is 0 Å². The van der Waals surface area contributed by atoms with Gasteiger partial charge in [-0.3, -0.25) is 9.59 Å². The van der Waals surface area contributed by atoms with E-state index in [-0.39, 0.29) is 17.6 Å². The molecule has 9 heteroatoms. The van der Waals surface area contributed by atoms with E-state index in [0.717, 1.165) is 28.2 Å². The molecule has 2 aromatic carbocycles. The highest BCUT2D eigenvalue weighted by atomic mass is 32.2. The Morgan fingerprint density at radius 1 is 1.10 bits per heavy atom. The number of carbonyl (C=O) groups excluding carboxylic acids is 2. The second kappa shape index (κ2) is 8.42. The molecular formula is C21H19N5O3S. The molecule has 4 aromatic rings. The first-order valence-electron chi connectivity index (χ1n) is 9.15. The second-order valence-corrected chi connectivity index (χ2v) is 7.66.